The molecule has 0 aromatic heterocycles. The van der Waals surface area contributed by atoms with Crippen LogP contribution in [0.3, 0.4) is 0 Å². The van der Waals surface area contributed by atoms with Gasteiger partial charge < -0.3 is 10.0 Å². The normalized spacial score (nSPS) is 17.7. The second-order valence-electron chi connectivity index (χ2n) is 7.56. The molecule has 5 nitrogen and oxygen atoms in total. The number of benzene rings is 3. The summed E-state index contributed by atoms with van der Waals surface area (Å²) >= 11 is 6.34. The molecule has 0 radical (unpaired) electrons. The Kier molecular flexibility index (Phi) is 5.93. The SMILES string of the molecule is N#Cc1cc(-c2ccc(C(=O)N3[C@@H](c4ccccc4Cl)CC[C@H]3C(=O)O)cc2)ccc1F. The zero-order valence-electron chi connectivity index (χ0n) is 16.8. The van der Waals surface area contributed by atoms with Crippen LogP contribution < -0.4 is 0 Å². The van der Waals surface area contributed by atoms with E-state index in [0.717, 1.165) is 5.56 Å². The Labute approximate surface area is 189 Å². The van der Waals surface area contributed by atoms with Crippen molar-refractivity contribution >= 4 is 23.5 Å². The van der Waals surface area contributed by atoms with Gasteiger partial charge in [0.25, 0.3) is 5.91 Å². The first kappa shape index (κ1) is 21.5. The minimum atomic E-state index is -1.06. The highest BCUT2D eigenvalue weighted by Gasteiger charge is 2.42. The van der Waals surface area contributed by atoms with E-state index in [2.05, 4.69) is 0 Å². The maximum absolute atomic E-state index is 13.6. The molecule has 0 bridgehead atoms. The molecule has 160 valence electrons. The fourth-order valence-corrected chi connectivity index (χ4v) is 4.39. The summed E-state index contributed by atoms with van der Waals surface area (Å²) in [6, 6.07) is 18.4. The highest BCUT2D eigenvalue weighted by atomic mass is 35.5. The first-order chi connectivity index (χ1) is 15.4. The molecule has 1 heterocycles. The fraction of sp³-hybridized carbons (Fsp3) is 0.160. The van der Waals surface area contributed by atoms with Crippen molar-refractivity contribution in [1.29, 1.82) is 5.26 Å². The van der Waals surface area contributed by atoms with Crippen LogP contribution >= 0.6 is 11.6 Å². The van der Waals surface area contributed by atoms with Crippen LogP contribution in [-0.4, -0.2) is 27.9 Å². The number of hydrogen-bond donors (Lipinski definition) is 1. The lowest BCUT2D eigenvalue weighted by Gasteiger charge is -2.29. The Bertz CT molecular complexity index is 1240. The number of hydrogen-bond acceptors (Lipinski definition) is 3. The van der Waals surface area contributed by atoms with Gasteiger partial charge in [-0.25, -0.2) is 9.18 Å². The molecule has 4 rings (SSSR count). The largest absolute Gasteiger partial charge is 0.480 e. The second kappa shape index (κ2) is 8.81. The minimum absolute atomic E-state index is 0.0633. The molecule has 7 heteroatoms. The summed E-state index contributed by atoms with van der Waals surface area (Å²) in [6.07, 6.45) is 0.832. The Morgan fingerprint density at radius 1 is 1.03 bits per heavy atom. The first-order valence-electron chi connectivity index (χ1n) is 10.0. The lowest BCUT2D eigenvalue weighted by molar-refractivity contribution is -0.141. The van der Waals surface area contributed by atoms with E-state index in [4.69, 9.17) is 16.9 Å². The Balaban J connectivity index is 1.66. The van der Waals surface area contributed by atoms with Gasteiger partial charge in [0.2, 0.25) is 0 Å². The Morgan fingerprint density at radius 2 is 1.72 bits per heavy atom. The lowest BCUT2D eigenvalue weighted by Crippen LogP contribution is -2.41. The number of carboxylic acid groups (broad SMARTS) is 1. The van der Waals surface area contributed by atoms with Crippen LogP contribution in [0.25, 0.3) is 11.1 Å². The molecular weight excluding hydrogens is 431 g/mol. The molecule has 0 saturated carbocycles. The number of nitriles is 1. The third kappa shape index (κ3) is 3.95. The number of carbonyl (C=O) groups excluding carboxylic acids is 1. The summed E-state index contributed by atoms with van der Waals surface area (Å²) in [5.41, 5.74) is 2.34. The first-order valence-corrected chi connectivity index (χ1v) is 10.4. The van der Waals surface area contributed by atoms with Crippen LogP contribution in [0.4, 0.5) is 4.39 Å². The summed E-state index contributed by atoms with van der Waals surface area (Å²) in [6.45, 7) is 0. The van der Waals surface area contributed by atoms with Crippen LogP contribution in [0.1, 0.15) is 40.4 Å². The van der Waals surface area contributed by atoms with Gasteiger partial charge in [-0.2, -0.15) is 5.26 Å². The van der Waals surface area contributed by atoms with Crippen LogP contribution in [0.2, 0.25) is 5.02 Å². The number of halogens is 2. The van der Waals surface area contributed by atoms with E-state index in [1.807, 2.05) is 18.2 Å². The van der Waals surface area contributed by atoms with Crippen molar-refractivity contribution in [3.63, 3.8) is 0 Å². The van der Waals surface area contributed by atoms with E-state index < -0.39 is 29.8 Å². The van der Waals surface area contributed by atoms with Gasteiger partial charge >= 0.3 is 5.97 Å². The molecular formula is C25H18ClFN2O3. The molecule has 1 N–H and O–H groups in total. The third-order valence-electron chi connectivity index (χ3n) is 5.72. The fourth-order valence-electron chi connectivity index (χ4n) is 4.13. The van der Waals surface area contributed by atoms with Crippen molar-refractivity contribution in [2.75, 3.05) is 0 Å². The summed E-state index contributed by atoms with van der Waals surface area (Å²) in [5, 5.41) is 19.2. The maximum Gasteiger partial charge on any atom is 0.326 e. The van der Waals surface area contributed by atoms with Crippen molar-refractivity contribution in [2.45, 2.75) is 24.9 Å². The molecule has 1 saturated heterocycles. The van der Waals surface area contributed by atoms with Crippen molar-refractivity contribution < 1.29 is 19.1 Å². The van der Waals surface area contributed by atoms with Gasteiger partial charge in [-0.05, 0) is 59.9 Å². The zero-order chi connectivity index (χ0) is 22.8. The molecule has 0 unspecified atom stereocenters. The predicted octanol–water partition coefficient (Wildman–Crippen LogP) is 5.45. The maximum atomic E-state index is 13.6. The second-order valence-corrected chi connectivity index (χ2v) is 7.97. The van der Waals surface area contributed by atoms with E-state index in [1.54, 1.807) is 42.5 Å². The number of amides is 1. The van der Waals surface area contributed by atoms with E-state index in [-0.39, 0.29) is 5.56 Å². The standard InChI is InChI=1S/C25H18ClFN2O3/c26-20-4-2-1-3-19(20)22-11-12-23(25(31)32)29(22)24(30)16-7-5-15(6-8-16)17-9-10-21(27)18(13-17)14-28/h1-10,13,22-23H,11-12H2,(H,31,32)/t22-,23+/m1/s1. The molecule has 3 aromatic rings. The Morgan fingerprint density at radius 3 is 2.38 bits per heavy atom. The molecule has 1 amide bonds. The minimum Gasteiger partial charge on any atom is -0.480 e. The average Bonchev–Trinajstić information content (AvgIpc) is 3.24. The number of nitrogens with zero attached hydrogens (tertiary/aromatic N) is 2. The monoisotopic (exact) mass is 448 g/mol. The van der Waals surface area contributed by atoms with E-state index in [1.165, 1.54) is 17.0 Å². The molecule has 1 fully saturated rings. The van der Waals surface area contributed by atoms with Gasteiger partial charge in [0.1, 0.15) is 17.9 Å². The lowest BCUT2D eigenvalue weighted by atomic mass is 10.0. The number of likely N-dealkylation sites (tertiary alicyclic amines) is 1. The van der Waals surface area contributed by atoms with Crippen molar-refractivity contribution in [2.24, 2.45) is 0 Å². The zero-order valence-corrected chi connectivity index (χ0v) is 17.6. The molecule has 0 aliphatic carbocycles. The quantitative estimate of drug-likeness (QED) is 0.575. The van der Waals surface area contributed by atoms with Gasteiger partial charge in [0.05, 0.1) is 11.6 Å². The number of carbonyl (C=O) groups is 2. The van der Waals surface area contributed by atoms with Crippen LogP contribution in [0, 0.1) is 17.1 Å². The van der Waals surface area contributed by atoms with Gasteiger partial charge in [-0.1, -0.05) is 48.0 Å². The summed E-state index contributed by atoms with van der Waals surface area (Å²) < 4.78 is 13.6. The van der Waals surface area contributed by atoms with Crippen molar-refractivity contribution in [3.05, 3.63) is 94.3 Å². The summed E-state index contributed by atoms with van der Waals surface area (Å²) in [4.78, 5) is 26.6. The average molecular weight is 449 g/mol. The van der Waals surface area contributed by atoms with Crippen LogP contribution in [0.15, 0.2) is 66.7 Å². The van der Waals surface area contributed by atoms with Crippen molar-refractivity contribution in [3.8, 4) is 17.2 Å². The summed E-state index contributed by atoms with van der Waals surface area (Å²) in [7, 11) is 0. The molecule has 32 heavy (non-hydrogen) atoms. The van der Waals surface area contributed by atoms with Gasteiger partial charge in [0.15, 0.2) is 0 Å². The highest BCUT2D eigenvalue weighted by molar-refractivity contribution is 6.31. The predicted molar refractivity (Wildman–Crippen MR) is 118 cm³/mol. The van der Waals surface area contributed by atoms with E-state index in [9.17, 15) is 19.1 Å². The highest BCUT2D eigenvalue weighted by Crippen LogP contribution is 2.40. The van der Waals surface area contributed by atoms with Gasteiger partial charge in [-0.3, -0.25) is 4.79 Å². The number of rotatable bonds is 4. The van der Waals surface area contributed by atoms with E-state index in [0.29, 0.717) is 34.6 Å². The molecule has 3 aromatic carbocycles. The van der Waals surface area contributed by atoms with Gasteiger partial charge in [0, 0.05) is 10.6 Å². The topological polar surface area (TPSA) is 81.4 Å². The molecule has 1 aliphatic rings. The van der Waals surface area contributed by atoms with Crippen LogP contribution in [-0.2, 0) is 4.79 Å². The number of carboxylic acids is 1. The number of aliphatic carboxylic acids is 1. The van der Waals surface area contributed by atoms with E-state index >= 15 is 0 Å². The molecule has 2 atom stereocenters. The Hall–Kier alpha value is -3.69. The molecule has 1 aliphatic heterocycles. The van der Waals surface area contributed by atoms with Crippen molar-refractivity contribution in [1.82, 2.24) is 4.90 Å². The summed E-state index contributed by atoms with van der Waals surface area (Å²) in [5.74, 6) is -2.05. The smallest absolute Gasteiger partial charge is 0.326 e. The van der Waals surface area contributed by atoms with Gasteiger partial charge in [-0.15, -0.1) is 0 Å². The molecule has 0 spiro atoms. The third-order valence-corrected chi connectivity index (χ3v) is 6.07. The van der Waals surface area contributed by atoms with Crippen LogP contribution in [0.5, 0.6) is 0 Å².